The molecule has 1 rings (SSSR count). The molecule has 0 aromatic carbocycles. The summed E-state index contributed by atoms with van der Waals surface area (Å²) in [6, 6.07) is -3.19. The highest BCUT2D eigenvalue weighted by Crippen LogP contribution is 2.03. The maximum atomic E-state index is 12.5. The quantitative estimate of drug-likeness (QED) is 0.143. The lowest BCUT2D eigenvalue weighted by Gasteiger charge is -2.20. The van der Waals surface area contributed by atoms with Crippen molar-refractivity contribution in [2.75, 3.05) is 18.6 Å². The van der Waals surface area contributed by atoms with Gasteiger partial charge in [-0.25, -0.2) is 9.78 Å². The van der Waals surface area contributed by atoms with Crippen LogP contribution in [0.15, 0.2) is 12.5 Å². The van der Waals surface area contributed by atoms with Crippen molar-refractivity contribution < 1.29 is 29.1 Å². The number of primary amides is 1. The standard InChI is InChI=1S/C18H29N7O6S/c1-32-5-4-12(25-16(28)11(19)2-3-14(20)26)17(29)22-8-15(27)24-13(18(30)31)6-10-7-21-9-23-10/h7,9,11-13H,2-6,8,19H2,1H3,(H2,20,26)(H,21,23)(H,22,29)(H,24,27)(H,25,28)(H,30,31). The van der Waals surface area contributed by atoms with Gasteiger partial charge in [-0.05, 0) is 24.9 Å². The second kappa shape index (κ2) is 14.0. The third-order valence-electron chi connectivity index (χ3n) is 4.32. The smallest absolute Gasteiger partial charge is 0.326 e. The summed E-state index contributed by atoms with van der Waals surface area (Å²) in [7, 11) is 0. The van der Waals surface area contributed by atoms with Gasteiger partial charge in [0, 0.05) is 24.7 Å². The normalized spacial score (nSPS) is 13.4. The number of aromatic amines is 1. The fourth-order valence-corrected chi connectivity index (χ4v) is 3.04. The molecule has 0 aliphatic carbocycles. The van der Waals surface area contributed by atoms with Crippen LogP contribution < -0.4 is 27.4 Å². The predicted molar refractivity (Wildman–Crippen MR) is 116 cm³/mol. The van der Waals surface area contributed by atoms with Crippen molar-refractivity contribution in [2.45, 2.75) is 43.8 Å². The molecule has 3 atom stereocenters. The van der Waals surface area contributed by atoms with Crippen LogP contribution in [-0.2, 0) is 30.4 Å². The largest absolute Gasteiger partial charge is 0.480 e. The van der Waals surface area contributed by atoms with Crippen molar-refractivity contribution in [3.8, 4) is 0 Å². The lowest BCUT2D eigenvalue weighted by atomic mass is 10.1. The summed E-state index contributed by atoms with van der Waals surface area (Å²) >= 11 is 1.46. The van der Waals surface area contributed by atoms with E-state index in [1.54, 1.807) is 0 Å². The van der Waals surface area contributed by atoms with Gasteiger partial charge in [0.1, 0.15) is 12.1 Å². The first-order valence-corrected chi connectivity index (χ1v) is 11.1. The summed E-state index contributed by atoms with van der Waals surface area (Å²) in [6.07, 6.45) is 4.89. The minimum atomic E-state index is -1.24. The molecule has 0 saturated heterocycles. The van der Waals surface area contributed by atoms with Crippen LogP contribution in [0.4, 0.5) is 0 Å². The molecule has 0 aliphatic heterocycles. The molecule has 32 heavy (non-hydrogen) atoms. The number of amides is 4. The van der Waals surface area contributed by atoms with Crippen molar-refractivity contribution in [3.63, 3.8) is 0 Å². The fraction of sp³-hybridized carbons (Fsp3) is 0.556. The van der Waals surface area contributed by atoms with Crippen LogP contribution in [0.5, 0.6) is 0 Å². The van der Waals surface area contributed by atoms with Gasteiger partial charge in [-0.1, -0.05) is 0 Å². The molecule has 0 spiro atoms. The molecule has 1 heterocycles. The Morgan fingerprint density at radius 1 is 1.16 bits per heavy atom. The molecule has 1 aromatic heterocycles. The SMILES string of the molecule is CSCCC(NC(=O)C(N)CCC(N)=O)C(=O)NCC(=O)NC(Cc1cnc[nH]1)C(=O)O. The number of imidazole rings is 1. The minimum absolute atomic E-state index is 0.00931. The molecule has 13 nitrogen and oxygen atoms in total. The number of nitrogens with two attached hydrogens (primary N) is 2. The van der Waals surface area contributed by atoms with Crippen LogP contribution >= 0.6 is 11.8 Å². The Hall–Kier alpha value is -3.13. The van der Waals surface area contributed by atoms with Crippen LogP contribution in [0.3, 0.4) is 0 Å². The summed E-state index contributed by atoms with van der Waals surface area (Å²) in [6.45, 7) is -0.481. The van der Waals surface area contributed by atoms with Crippen LogP contribution in [-0.4, -0.2) is 81.4 Å². The number of nitrogens with zero attached hydrogens (tertiary/aromatic N) is 1. The van der Waals surface area contributed by atoms with Crippen LogP contribution in [0, 0.1) is 0 Å². The topological polar surface area (TPSA) is 222 Å². The summed E-state index contributed by atoms with van der Waals surface area (Å²) in [4.78, 5) is 65.6. The van der Waals surface area contributed by atoms with Gasteiger partial charge < -0.3 is 37.5 Å². The second-order valence-corrected chi connectivity index (χ2v) is 7.90. The molecule has 1 aromatic rings. The van der Waals surface area contributed by atoms with E-state index in [0.29, 0.717) is 11.4 Å². The van der Waals surface area contributed by atoms with E-state index < -0.39 is 54.3 Å². The van der Waals surface area contributed by atoms with Crippen molar-refractivity contribution in [1.82, 2.24) is 25.9 Å². The molecular weight excluding hydrogens is 442 g/mol. The van der Waals surface area contributed by atoms with Crippen LogP contribution in [0.1, 0.15) is 25.0 Å². The van der Waals surface area contributed by atoms with Gasteiger partial charge in [-0.3, -0.25) is 19.2 Å². The molecule has 0 aliphatic rings. The number of nitrogens with one attached hydrogen (secondary N) is 4. The van der Waals surface area contributed by atoms with E-state index in [4.69, 9.17) is 11.5 Å². The second-order valence-electron chi connectivity index (χ2n) is 6.91. The molecule has 4 amide bonds. The van der Waals surface area contributed by atoms with Crippen molar-refractivity contribution in [1.29, 1.82) is 0 Å². The highest BCUT2D eigenvalue weighted by molar-refractivity contribution is 7.98. The van der Waals surface area contributed by atoms with Crippen LogP contribution in [0.25, 0.3) is 0 Å². The van der Waals surface area contributed by atoms with Gasteiger partial charge in [0.15, 0.2) is 0 Å². The number of aromatic nitrogens is 2. The lowest BCUT2D eigenvalue weighted by Crippen LogP contribution is -2.53. The number of carbonyl (C=O) groups excluding carboxylic acids is 4. The van der Waals surface area contributed by atoms with Gasteiger partial charge in [0.05, 0.1) is 18.9 Å². The highest BCUT2D eigenvalue weighted by Gasteiger charge is 2.25. The van der Waals surface area contributed by atoms with E-state index >= 15 is 0 Å². The molecule has 0 saturated carbocycles. The maximum Gasteiger partial charge on any atom is 0.326 e. The molecule has 14 heteroatoms. The Morgan fingerprint density at radius 3 is 2.44 bits per heavy atom. The Balaban J connectivity index is 2.60. The number of carbonyl (C=O) groups is 5. The van der Waals surface area contributed by atoms with E-state index in [0.717, 1.165) is 0 Å². The molecular formula is C18H29N7O6S. The summed E-state index contributed by atoms with van der Waals surface area (Å²) in [5, 5.41) is 16.5. The van der Waals surface area contributed by atoms with Crippen molar-refractivity contribution >= 4 is 41.4 Å². The zero-order valence-electron chi connectivity index (χ0n) is 17.6. The zero-order valence-corrected chi connectivity index (χ0v) is 18.4. The third kappa shape index (κ3) is 10.3. The third-order valence-corrected chi connectivity index (χ3v) is 4.96. The Labute approximate surface area is 188 Å². The number of rotatable bonds is 15. The van der Waals surface area contributed by atoms with E-state index in [1.807, 2.05) is 6.26 Å². The minimum Gasteiger partial charge on any atom is -0.480 e. The number of aliphatic carboxylic acids is 1. The van der Waals surface area contributed by atoms with Crippen molar-refractivity contribution in [3.05, 3.63) is 18.2 Å². The molecule has 3 unspecified atom stereocenters. The number of H-pyrrole nitrogens is 1. The van der Waals surface area contributed by atoms with Gasteiger partial charge in [-0.2, -0.15) is 11.8 Å². The fourth-order valence-electron chi connectivity index (χ4n) is 2.56. The molecule has 0 fully saturated rings. The monoisotopic (exact) mass is 471 g/mol. The molecule has 9 N–H and O–H groups in total. The number of carboxylic acid groups (broad SMARTS) is 1. The van der Waals surface area contributed by atoms with E-state index in [-0.39, 0.29) is 25.7 Å². The predicted octanol–water partition coefficient (Wildman–Crippen LogP) is -2.53. The van der Waals surface area contributed by atoms with Gasteiger partial charge in [0.2, 0.25) is 23.6 Å². The van der Waals surface area contributed by atoms with Crippen LogP contribution in [0.2, 0.25) is 0 Å². The number of hydrogen-bond donors (Lipinski definition) is 7. The maximum absolute atomic E-state index is 12.5. The molecule has 178 valence electrons. The van der Waals surface area contributed by atoms with E-state index in [9.17, 15) is 29.1 Å². The lowest BCUT2D eigenvalue weighted by molar-refractivity contribution is -0.141. The van der Waals surface area contributed by atoms with Gasteiger partial charge in [0.25, 0.3) is 0 Å². The average molecular weight is 472 g/mol. The first-order valence-electron chi connectivity index (χ1n) is 9.74. The molecule has 0 bridgehead atoms. The average Bonchev–Trinajstić information content (AvgIpc) is 3.25. The Morgan fingerprint density at radius 2 is 1.88 bits per heavy atom. The number of carboxylic acids is 1. The summed E-state index contributed by atoms with van der Waals surface area (Å²) in [5.74, 6) is -3.24. The first-order chi connectivity index (χ1) is 15.1. The zero-order chi connectivity index (χ0) is 24.1. The van der Waals surface area contributed by atoms with Gasteiger partial charge >= 0.3 is 5.97 Å². The van der Waals surface area contributed by atoms with E-state index in [2.05, 4.69) is 25.9 Å². The molecule has 0 radical (unpaired) electrons. The number of hydrogen-bond acceptors (Lipinski definition) is 8. The number of thioether (sulfide) groups is 1. The van der Waals surface area contributed by atoms with E-state index in [1.165, 1.54) is 24.3 Å². The Kier molecular flexibility index (Phi) is 11.8. The first kappa shape index (κ1) is 26.9. The summed E-state index contributed by atoms with van der Waals surface area (Å²) < 4.78 is 0. The van der Waals surface area contributed by atoms with Crippen molar-refractivity contribution in [2.24, 2.45) is 11.5 Å². The van der Waals surface area contributed by atoms with Gasteiger partial charge in [-0.15, -0.1) is 0 Å². The summed E-state index contributed by atoms with van der Waals surface area (Å²) in [5.41, 5.74) is 11.3. The highest BCUT2D eigenvalue weighted by atomic mass is 32.2. The Bertz CT molecular complexity index is 789.